The highest BCUT2D eigenvalue weighted by Crippen LogP contribution is 2.32. The van der Waals surface area contributed by atoms with Crippen molar-refractivity contribution >= 4 is 6.29 Å². The van der Waals surface area contributed by atoms with Gasteiger partial charge in [0.15, 0.2) is 6.29 Å². The van der Waals surface area contributed by atoms with Crippen LogP contribution in [0.2, 0.25) is 0 Å². The molecule has 0 radical (unpaired) electrons. The van der Waals surface area contributed by atoms with Crippen molar-refractivity contribution in [1.29, 1.82) is 0 Å². The van der Waals surface area contributed by atoms with Gasteiger partial charge in [-0.25, -0.2) is 0 Å². The van der Waals surface area contributed by atoms with E-state index >= 15 is 0 Å². The number of aldehydes is 1. The summed E-state index contributed by atoms with van der Waals surface area (Å²) in [7, 11) is 1.57. The molecule has 0 bridgehead atoms. The highest BCUT2D eigenvalue weighted by atomic mass is 19.4. The van der Waals surface area contributed by atoms with Crippen molar-refractivity contribution in [2.45, 2.75) is 12.6 Å². The maximum atomic E-state index is 12.8. The van der Waals surface area contributed by atoms with Crippen molar-refractivity contribution in [3.63, 3.8) is 0 Å². The molecule has 0 aliphatic carbocycles. The zero-order valence-corrected chi connectivity index (χ0v) is 10.1. The number of alkyl halides is 3. The normalized spacial score (nSPS) is 11.6. The van der Waals surface area contributed by atoms with Gasteiger partial charge in [0, 0.05) is 13.5 Å². The molecule has 0 N–H and O–H groups in total. The smallest absolute Gasteiger partial charge is 0.296 e. The average molecular weight is 268 g/mol. The molecule has 0 amide bonds. The molecule has 100 valence electrons. The quantitative estimate of drug-likeness (QED) is 0.802. The minimum Gasteiger partial charge on any atom is -0.296 e. The Hall–Kier alpha value is -2.11. The van der Waals surface area contributed by atoms with Gasteiger partial charge in [0.25, 0.3) is 0 Å². The zero-order valence-electron chi connectivity index (χ0n) is 10.1. The molecule has 2 rings (SSSR count). The lowest BCUT2D eigenvalue weighted by Crippen LogP contribution is -2.09. The van der Waals surface area contributed by atoms with E-state index in [2.05, 4.69) is 5.10 Å². The lowest BCUT2D eigenvalue weighted by atomic mass is 10.0. The van der Waals surface area contributed by atoms with Crippen LogP contribution in [0.15, 0.2) is 30.3 Å². The molecule has 19 heavy (non-hydrogen) atoms. The molecule has 0 unspecified atom stereocenters. The molecular weight excluding hydrogens is 257 g/mol. The Morgan fingerprint density at radius 2 is 2.00 bits per heavy atom. The number of halogens is 3. The third-order valence-corrected chi connectivity index (χ3v) is 2.78. The number of carbonyl (C=O) groups is 1. The van der Waals surface area contributed by atoms with E-state index < -0.39 is 11.7 Å². The monoisotopic (exact) mass is 268 g/mol. The third kappa shape index (κ3) is 2.83. The van der Waals surface area contributed by atoms with Crippen molar-refractivity contribution in [1.82, 2.24) is 9.78 Å². The van der Waals surface area contributed by atoms with Gasteiger partial charge in [0.05, 0.1) is 11.3 Å². The fraction of sp³-hybridized carbons (Fsp3) is 0.231. The van der Waals surface area contributed by atoms with E-state index in [1.165, 1.54) is 22.9 Å². The Labute approximate surface area is 107 Å². The first-order valence-corrected chi connectivity index (χ1v) is 5.55. The molecule has 6 heteroatoms. The van der Waals surface area contributed by atoms with Gasteiger partial charge in [-0.3, -0.25) is 9.48 Å². The lowest BCUT2D eigenvalue weighted by Gasteiger charge is -2.11. The number of aromatic nitrogens is 2. The number of hydrogen-bond acceptors (Lipinski definition) is 2. The molecule has 0 aliphatic rings. The lowest BCUT2D eigenvalue weighted by molar-refractivity contribution is -0.138. The summed E-state index contributed by atoms with van der Waals surface area (Å²) in [4.78, 5) is 10.7. The largest absolute Gasteiger partial charge is 0.416 e. The number of aryl methyl sites for hydroxylation is 1. The van der Waals surface area contributed by atoms with E-state index in [0.717, 1.165) is 6.07 Å². The maximum Gasteiger partial charge on any atom is 0.416 e. The average Bonchev–Trinajstić information content (AvgIpc) is 2.69. The Morgan fingerprint density at radius 3 is 2.58 bits per heavy atom. The summed E-state index contributed by atoms with van der Waals surface area (Å²) in [6.45, 7) is 0. The molecule has 0 atom stereocenters. The fourth-order valence-corrected chi connectivity index (χ4v) is 1.89. The molecule has 3 nitrogen and oxygen atoms in total. The number of hydrogen-bond donors (Lipinski definition) is 0. The first kappa shape index (κ1) is 13.3. The SMILES string of the molecule is Cn1nc(Cc2ccccc2C(F)(F)F)cc1C=O. The Bertz CT molecular complexity index is 602. The minimum atomic E-state index is -4.39. The predicted molar refractivity (Wildman–Crippen MR) is 62.8 cm³/mol. The number of rotatable bonds is 3. The molecule has 2 aromatic rings. The standard InChI is InChI=1S/C13H11F3N2O/c1-18-11(8-19)7-10(17-18)6-9-4-2-3-5-12(9)13(14,15)16/h2-5,7-8H,6H2,1H3. The first-order chi connectivity index (χ1) is 8.91. The van der Waals surface area contributed by atoms with Gasteiger partial charge >= 0.3 is 6.18 Å². The Morgan fingerprint density at radius 1 is 1.32 bits per heavy atom. The van der Waals surface area contributed by atoms with E-state index in [4.69, 9.17) is 0 Å². The van der Waals surface area contributed by atoms with Crippen molar-refractivity contribution in [2.24, 2.45) is 7.05 Å². The van der Waals surface area contributed by atoms with Crippen LogP contribution in [-0.4, -0.2) is 16.1 Å². The second-order valence-corrected chi connectivity index (χ2v) is 4.13. The topological polar surface area (TPSA) is 34.9 Å². The van der Waals surface area contributed by atoms with Crippen molar-refractivity contribution in [3.05, 3.63) is 52.8 Å². The summed E-state index contributed by atoms with van der Waals surface area (Å²) in [6.07, 6.45) is -3.73. The molecule has 1 heterocycles. The van der Waals surface area contributed by atoms with E-state index in [1.807, 2.05) is 0 Å². The molecule has 0 fully saturated rings. The number of nitrogens with zero attached hydrogens (tertiary/aromatic N) is 2. The second-order valence-electron chi connectivity index (χ2n) is 4.13. The van der Waals surface area contributed by atoms with Gasteiger partial charge in [0.1, 0.15) is 5.69 Å². The van der Waals surface area contributed by atoms with Crippen LogP contribution in [0.25, 0.3) is 0 Å². The first-order valence-electron chi connectivity index (χ1n) is 5.55. The van der Waals surface area contributed by atoms with E-state index in [0.29, 0.717) is 17.7 Å². The highest BCUT2D eigenvalue weighted by Gasteiger charge is 2.32. The predicted octanol–water partition coefficient (Wildman–Crippen LogP) is 2.84. The summed E-state index contributed by atoms with van der Waals surface area (Å²) in [5, 5.41) is 4.02. The molecular formula is C13H11F3N2O. The molecule has 0 saturated heterocycles. The van der Waals surface area contributed by atoms with Crippen molar-refractivity contribution < 1.29 is 18.0 Å². The van der Waals surface area contributed by atoms with Gasteiger partial charge in [-0.05, 0) is 17.7 Å². The van der Waals surface area contributed by atoms with Gasteiger partial charge in [-0.2, -0.15) is 18.3 Å². The second kappa shape index (κ2) is 4.87. The van der Waals surface area contributed by atoms with Gasteiger partial charge in [-0.15, -0.1) is 0 Å². The number of benzene rings is 1. The zero-order chi connectivity index (χ0) is 14.0. The van der Waals surface area contributed by atoms with Gasteiger partial charge < -0.3 is 0 Å². The maximum absolute atomic E-state index is 12.8. The van der Waals surface area contributed by atoms with Crippen LogP contribution < -0.4 is 0 Å². The van der Waals surface area contributed by atoms with Crippen LogP contribution >= 0.6 is 0 Å². The molecule has 1 aromatic carbocycles. The summed E-state index contributed by atoms with van der Waals surface area (Å²) in [6, 6.07) is 6.84. The summed E-state index contributed by atoms with van der Waals surface area (Å²) < 4.78 is 39.8. The van der Waals surface area contributed by atoms with Gasteiger partial charge in [0.2, 0.25) is 0 Å². The van der Waals surface area contributed by atoms with Crippen LogP contribution in [0.4, 0.5) is 13.2 Å². The van der Waals surface area contributed by atoms with Crippen molar-refractivity contribution in [2.75, 3.05) is 0 Å². The summed E-state index contributed by atoms with van der Waals surface area (Å²) >= 11 is 0. The van der Waals surface area contributed by atoms with Crippen LogP contribution in [0.5, 0.6) is 0 Å². The molecule has 0 aliphatic heterocycles. The summed E-state index contributed by atoms with van der Waals surface area (Å²) in [5.41, 5.74) is 0.236. The van der Waals surface area contributed by atoms with Crippen LogP contribution in [0.1, 0.15) is 27.3 Å². The number of carbonyl (C=O) groups excluding carboxylic acids is 1. The van der Waals surface area contributed by atoms with E-state index in [-0.39, 0.29) is 12.0 Å². The van der Waals surface area contributed by atoms with E-state index in [9.17, 15) is 18.0 Å². The molecule has 1 aromatic heterocycles. The van der Waals surface area contributed by atoms with Crippen LogP contribution in [0.3, 0.4) is 0 Å². The van der Waals surface area contributed by atoms with Gasteiger partial charge in [-0.1, -0.05) is 18.2 Å². The van der Waals surface area contributed by atoms with Crippen molar-refractivity contribution in [3.8, 4) is 0 Å². The third-order valence-electron chi connectivity index (χ3n) is 2.78. The fourth-order valence-electron chi connectivity index (χ4n) is 1.89. The Kier molecular flexibility index (Phi) is 3.42. The molecule has 0 spiro atoms. The van der Waals surface area contributed by atoms with Crippen LogP contribution in [-0.2, 0) is 19.6 Å². The molecule has 0 saturated carbocycles. The minimum absolute atomic E-state index is 0.0391. The summed E-state index contributed by atoms with van der Waals surface area (Å²) in [5.74, 6) is 0. The van der Waals surface area contributed by atoms with Crippen LogP contribution in [0, 0.1) is 0 Å². The highest BCUT2D eigenvalue weighted by molar-refractivity contribution is 5.72. The Balaban J connectivity index is 2.35. The van der Waals surface area contributed by atoms with E-state index in [1.54, 1.807) is 13.1 Å².